The van der Waals surface area contributed by atoms with Crippen molar-refractivity contribution in [2.45, 2.75) is 20.0 Å². The van der Waals surface area contributed by atoms with E-state index in [0.29, 0.717) is 19.0 Å². The molecule has 18 heavy (non-hydrogen) atoms. The van der Waals surface area contributed by atoms with Crippen molar-refractivity contribution in [3.05, 3.63) is 22.2 Å². The molecule has 0 saturated carbocycles. The van der Waals surface area contributed by atoms with Crippen LogP contribution in [0.1, 0.15) is 13.8 Å². The largest absolute Gasteiger partial charge is 0.377 e. The minimum atomic E-state index is -0.499. The number of nitrogens with zero attached hydrogens (tertiary/aromatic N) is 2. The van der Waals surface area contributed by atoms with Gasteiger partial charge in [0.15, 0.2) is 0 Å². The van der Waals surface area contributed by atoms with Gasteiger partial charge in [0.2, 0.25) is 5.82 Å². The summed E-state index contributed by atoms with van der Waals surface area (Å²) in [7, 11) is 0. The van der Waals surface area contributed by atoms with Crippen molar-refractivity contribution in [3.63, 3.8) is 0 Å². The second-order valence-corrected chi connectivity index (χ2v) is 3.61. The first-order valence-electron chi connectivity index (χ1n) is 5.56. The zero-order chi connectivity index (χ0) is 13.5. The molecule has 1 heterocycles. The number of hydrogen-bond acceptors (Lipinski definition) is 7. The van der Waals surface area contributed by atoms with E-state index in [2.05, 4.69) is 15.7 Å². The number of nitro groups is 1. The fraction of sp³-hybridized carbons (Fsp3) is 0.500. The van der Waals surface area contributed by atoms with Crippen LogP contribution in [0.2, 0.25) is 0 Å². The molecular formula is C10H17N5O3. The summed E-state index contributed by atoms with van der Waals surface area (Å²) in [6.07, 6.45) is -0.0640. The van der Waals surface area contributed by atoms with Gasteiger partial charge in [0.25, 0.3) is 0 Å². The molecule has 1 aromatic rings. The zero-order valence-electron chi connectivity index (χ0n) is 10.3. The van der Waals surface area contributed by atoms with Gasteiger partial charge in [-0.15, -0.1) is 0 Å². The third-order valence-electron chi connectivity index (χ3n) is 2.23. The average Bonchev–Trinajstić information content (AvgIpc) is 2.36. The van der Waals surface area contributed by atoms with E-state index in [0.717, 1.165) is 0 Å². The van der Waals surface area contributed by atoms with Gasteiger partial charge in [-0.25, -0.2) is 10.8 Å². The Morgan fingerprint density at radius 3 is 2.89 bits per heavy atom. The van der Waals surface area contributed by atoms with E-state index in [1.165, 1.54) is 12.1 Å². The van der Waals surface area contributed by atoms with Crippen molar-refractivity contribution >= 4 is 17.3 Å². The van der Waals surface area contributed by atoms with E-state index in [1.54, 1.807) is 0 Å². The Labute approximate surface area is 105 Å². The highest BCUT2D eigenvalue weighted by Gasteiger charge is 2.16. The van der Waals surface area contributed by atoms with Gasteiger partial charge in [0.05, 0.1) is 11.0 Å². The van der Waals surface area contributed by atoms with E-state index in [4.69, 9.17) is 10.6 Å². The minimum absolute atomic E-state index is 0.0640. The Hall–Kier alpha value is -1.93. The van der Waals surface area contributed by atoms with E-state index < -0.39 is 4.92 Å². The van der Waals surface area contributed by atoms with E-state index in [1.807, 2.05) is 13.8 Å². The summed E-state index contributed by atoms with van der Waals surface area (Å²) in [6.45, 7) is 4.77. The Bertz CT molecular complexity index is 412. The lowest BCUT2D eigenvalue weighted by Gasteiger charge is -2.13. The van der Waals surface area contributed by atoms with Crippen LogP contribution in [0.25, 0.3) is 0 Å². The van der Waals surface area contributed by atoms with Crippen molar-refractivity contribution in [1.29, 1.82) is 0 Å². The van der Waals surface area contributed by atoms with Gasteiger partial charge in [-0.3, -0.25) is 10.1 Å². The summed E-state index contributed by atoms with van der Waals surface area (Å²) in [5, 5.41) is 13.7. The van der Waals surface area contributed by atoms with Crippen LogP contribution in [0.15, 0.2) is 12.1 Å². The topological polar surface area (TPSA) is 115 Å². The highest BCUT2D eigenvalue weighted by Crippen LogP contribution is 2.23. The first-order chi connectivity index (χ1) is 8.58. The predicted octanol–water partition coefficient (Wildman–Crippen LogP) is 1.11. The molecule has 0 bridgehead atoms. The molecule has 0 amide bonds. The highest BCUT2D eigenvalue weighted by molar-refractivity contribution is 5.59. The van der Waals surface area contributed by atoms with Crippen molar-refractivity contribution < 1.29 is 9.66 Å². The van der Waals surface area contributed by atoms with Crippen molar-refractivity contribution in [2.24, 2.45) is 5.84 Å². The molecule has 1 unspecified atom stereocenters. The minimum Gasteiger partial charge on any atom is -0.377 e. The summed E-state index contributed by atoms with van der Waals surface area (Å²) >= 11 is 0. The van der Waals surface area contributed by atoms with Gasteiger partial charge in [-0.1, -0.05) is 0 Å². The molecule has 0 aliphatic heterocycles. The maximum absolute atomic E-state index is 10.8. The number of nitrogens with two attached hydrogens (primary N) is 1. The molecule has 100 valence electrons. The van der Waals surface area contributed by atoms with Gasteiger partial charge in [-0.05, 0) is 19.9 Å². The summed E-state index contributed by atoms with van der Waals surface area (Å²) in [6, 6.07) is 2.78. The molecule has 0 radical (unpaired) electrons. The molecule has 4 N–H and O–H groups in total. The Balaban J connectivity index is 2.80. The van der Waals surface area contributed by atoms with Crippen molar-refractivity contribution in [3.8, 4) is 0 Å². The van der Waals surface area contributed by atoms with Gasteiger partial charge in [0.1, 0.15) is 5.82 Å². The first-order valence-corrected chi connectivity index (χ1v) is 5.56. The quantitative estimate of drug-likeness (QED) is 0.379. The zero-order valence-corrected chi connectivity index (χ0v) is 10.3. The number of hydrogen-bond donors (Lipinski definition) is 3. The lowest BCUT2D eigenvalue weighted by atomic mass is 10.3. The van der Waals surface area contributed by atoms with Crippen molar-refractivity contribution in [2.75, 3.05) is 23.9 Å². The lowest BCUT2D eigenvalue weighted by Crippen LogP contribution is -2.21. The number of hydrazine groups is 1. The van der Waals surface area contributed by atoms with Gasteiger partial charge in [-0.2, -0.15) is 0 Å². The van der Waals surface area contributed by atoms with Gasteiger partial charge in [0, 0.05) is 19.2 Å². The lowest BCUT2D eigenvalue weighted by molar-refractivity contribution is -0.384. The van der Waals surface area contributed by atoms with Crippen LogP contribution in [-0.4, -0.2) is 29.2 Å². The van der Waals surface area contributed by atoms with Gasteiger partial charge < -0.3 is 15.5 Å². The molecule has 0 aromatic carbocycles. The molecule has 0 saturated heterocycles. The van der Waals surface area contributed by atoms with E-state index in [-0.39, 0.29) is 17.6 Å². The molecule has 0 spiro atoms. The highest BCUT2D eigenvalue weighted by atomic mass is 16.6. The molecule has 8 nitrogen and oxygen atoms in total. The third kappa shape index (κ3) is 3.82. The molecule has 1 rings (SSSR count). The summed E-state index contributed by atoms with van der Waals surface area (Å²) in [5.41, 5.74) is 2.24. The Morgan fingerprint density at radius 2 is 2.33 bits per heavy atom. The summed E-state index contributed by atoms with van der Waals surface area (Å²) < 4.78 is 5.32. The van der Waals surface area contributed by atoms with Crippen LogP contribution in [0.4, 0.5) is 17.3 Å². The number of nitrogen functional groups attached to an aromatic ring is 1. The monoisotopic (exact) mass is 255 g/mol. The standard InChI is InChI=1S/C10H17N5O3/c1-3-18-7(2)6-12-10-8(15(16)17)4-5-9(13-10)14-11/h4-5,7H,3,6,11H2,1-2H3,(H2,12,13,14). The van der Waals surface area contributed by atoms with Crippen LogP contribution in [0, 0.1) is 10.1 Å². The van der Waals surface area contributed by atoms with Crippen LogP contribution < -0.4 is 16.6 Å². The fourth-order valence-corrected chi connectivity index (χ4v) is 1.39. The van der Waals surface area contributed by atoms with Crippen molar-refractivity contribution in [1.82, 2.24) is 4.98 Å². The molecular weight excluding hydrogens is 238 g/mol. The SMILES string of the molecule is CCOC(C)CNc1nc(NN)ccc1[N+](=O)[O-]. The van der Waals surface area contributed by atoms with E-state index >= 15 is 0 Å². The summed E-state index contributed by atoms with van der Waals surface area (Å²) in [4.78, 5) is 14.3. The Morgan fingerprint density at radius 1 is 1.61 bits per heavy atom. The maximum Gasteiger partial charge on any atom is 0.311 e. The van der Waals surface area contributed by atoms with Crippen LogP contribution in [0.5, 0.6) is 0 Å². The van der Waals surface area contributed by atoms with E-state index in [9.17, 15) is 10.1 Å². The molecule has 0 aliphatic carbocycles. The second kappa shape index (κ2) is 6.72. The number of nitrogens with one attached hydrogen (secondary N) is 2. The number of ether oxygens (including phenoxy) is 1. The normalized spacial score (nSPS) is 11.9. The molecule has 8 heteroatoms. The fourth-order valence-electron chi connectivity index (χ4n) is 1.39. The first kappa shape index (κ1) is 14.1. The molecule has 1 atom stereocenters. The molecule has 1 aromatic heterocycles. The average molecular weight is 255 g/mol. The molecule has 0 fully saturated rings. The Kier molecular flexibility index (Phi) is 5.28. The summed E-state index contributed by atoms with van der Waals surface area (Å²) in [5.74, 6) is 5.74. The number of rotatable bonds is 7. The predicted molar refractivity (Wildman–Crippen MR) is 68.3 cm³/mol. The number of anilines is 2. The molecule has 0 aliphatic rings. The second-order valence-electron chi connectivity index (χ2n) is 3.61. The van der Waals surface area contributed by atoms with Crippen LogP contribution >= 0.6 is 0 Å². The number of pyridine rings is 1. The third-order valence-corrected chi connectivity index (χ3v) is 2.23. The number of aromatic nitrogens is 1. The van der Waals surface area contributed by atoms with Crippen LogP contribution in [0.3, 0.4) is 0 Å². The van der Waals surface area contributed by atoms with Gasteiger partial charge >= 0.3 is 5.69 Å². The smallest absolute Gasteiger partial charge is 0.311 e. The maximum atomic E-state index is 10.8. The van der Waals surface area contributed by atoms with Crippen LogP contribution in [-0.2, 0) is 4.74 Å².